The first-order valence-electron chi connectivity index (χ1n) is 5.04. The monoisotopic (exact) mass is 284 g/mol. The van der Waals surface area contributed by atoms with Crippen LogP contribution in [0.5, 0.6) is 0 Å². The van der Waals surface area contributed by atoms with Gasteiger partial charge in [0.25, 0.3) is 0 Å². The Morgan fingerprint density at radius 3 is 3.06 bits per heavy atom. The SMILES string of the molecule is COC(=O)N1c2ccc(Br)cc2NC[C@@H]1C. The minimum absolute atomic E-state index is 0.0844. The zero-order valence-electron chi connectivity index (χ0n) is 9.16. The third-order valence-corrected chi connectivity index (χ3v) is 3.11. The van der Waals surface area contributed by atoms with Crippen LogP contribution in [0.3, 0.4) is 0 Å². The van der Waals surface area contributed by atoms with E-state index in [4.69, 9.17) is 4.74 Å². The predicted molar refractivity (Wildman–Crippen MR) is 67.0 cm³/mol. The summed E-state index contributed by atoms with van der Waals surface area (Å²) >= 11 is 3.40. The van der Waals surface area contributed by atoms with Crippen molar-refractivity contribution in [2.24, 2.45) is 0 Å². The average molecular weight is 285 g/mol. The van der Waals surface area contributed by atoms with E-state index >= 15 is 0 Å². The minimum Gasteiger partial charge on any atom is -0.452 e. The second-order valence-electron chi connectivity index (χ2n) is 3.73. The van der Waals surface area contributed by atoms with Gasteiger partial charge in [-0.15, -0.1) is 0 Å². The molecule has 0 spiro atoms. The summed E-state index contributed by atoms with van der Waals surface area (Å²) in [6.07, 6.45) is -0.322. The number of halogens is 1. The minimum atomic E-state index is -0.322. The quantitative estimate of drug-likeness (QED) is 0.797. The van der Waals surface area contributed by atoms with E-state index in [1.807, 2.05) is 25.1 Å². The second-order valence-corrected chi connectivity index (χ2v) is 4.65. The maximum absolute atomic E-state index is 11.7. The lowest BCUT2D eigenvalue weighted by molar-refractivity contribution is 0.176. The summed E-state index contributed by atoms with van der Waals surface area (Å²) in [7, 11) is 1.40. The van der Waals surface area contributed by atoms with Crippen LogP contribution in [0.2, 0.25) is 0 Å². The van der Waals surface area contributed by atoms with Crippen molar-refractivity contribution in [2.75, 3.05) is 23.9 Å². The molecule has 0 radical (unpaired) electrons. The fourth-order valence-corrected chi connectivity index (χ4v) is 2.18. The van der Waals surface area contributed by atoms with Crippen LogP contribution in [0.1, 0.15) is 6.92 Å². The molecule has 1 aromatic rings. The predicted octanol–water partition coefficient (Wildman–Crippen LogP) is 2.84. The number of hydrogen-bond donors (Lipinski definition) is 1. The van der Waals surface area contributed by atoms with Crippen molar-refractivity contribution in [1.29, 1.82) is 0 Å². The molecule has 1 N–H and O–H groups in total. The Morgan fingerprint density at radius 1 is 1.62 bits per heavy atom. The van der Waals surface area contributed by atoms with Crippen LogP contribution < -0.4 is 10.2 Å². The van der Waals surface area contributed by atoms with Crippen molar-refractivity contribution >= 4 is 33.4 Å². The maximum Gasteiger partial charge on any atom is 0.414 e. The van der Waals surface area contributed by atoms with E-state index in [1.165, 1.54) is 7.11 Å². The Bertz CT molecular complexity index is 422. The molecule has 86 valence electrons. The van der Waals surface area contributed by atoms with Crippen molar-refractivity contribution in [3.8, 4) is 0 Å². The van der Waals surface area contributed by atoms with E-state index in [2.05, 4.69) is 21.2 Å². The maximum atomic E-state index is 11.7. The summed E-state index contributed by atoms with van der Waals surface area (Å²) < 4.78 is 5.78. The van der Waals surface area contributed by atoms with E-state index in [0.29, 0.717) is 0 Å². The summed E-state index contributed by atoms with van der Waals surface area (Å²) in [6.45, 7) is 2.70. The second kappa shape index (κ2) is 4.33. The molecular formula is C11H13BrN2O2. The van der Waals surface area contributed by atoms with Crippen molar-refractivity contribution in [1.82, 2.24) is 0 Å². The number of anilines is 2. The molecule has 0 aliphatic carbocycles. The number of hydrogen-bond acceptors (Lipinski definition) is 3. The highest BCUT2D eigenvalue weighted by molar-refractivity contribution is 9.10. The first-order valence-corrected chi connectivity index (χ1v) is 5.83. The molecule has 1 aliphatic rings. The summed E-state index contributed by atoms with van der Waals surface area (Å²) in [5, 5.41) is 3.28. The number of nitrogens with one attached hydrogen (secondary N) is 1. The molecule has 2 rings (SSSR count). The number of carbonyl (C=O) groups is 1. The molecule has 0 bridgehead atoms. The van der Waals surface area contributed by atoms with Crippen LogP contribution in [0, 0.1) is 0 Å². The third kappa shape index (κ3) is 1.87. The van der Waals surface area contributed by atoms with Crippen LogP contribution in [0.4, 0.5) is 16.2 Å². The lowest BCUT2D eigenvalue weighted by Crippen LogP contribution is -2.45. The number of benzene rings is 1. The molecule has 0 saturated heterocycles. The third-order valence-electron chi connectivity index (χ3n) is 2.62. The van der Waals surface area contributed by atoms with Gasteiger partial charge in [0, 0.05) is 11.0 Å². The van der Waals surface area contributed by atoms with Gasteiger partial charge in [-0.2, -0.15) is 0 Å². The molecule has 1 heterocycles. The number of nitrogens with zero attached hydrogens (tertiary/aromatic N) is 1. The van der Waals surface area contributed by atoms with Gasteiger partial charge in [0.05, 0.1) is 24.5 Å². The summed E-state index contributed by atoms with van der Waals surface area (Å²) in [6, 6.07) is 5.85. The summed E-state index contributed by atoms with van der Waals surface area (Å²) in [4.78, 5) is 13.4. The number of rotatable bonds is 0. The van der Waals surface area contributed by atoms with Crippen molar-refractivity contribution < 1.29 is 9.53 Å². The highest BCUT2D eigenvalue weighted by Crippen LogP contribution is 2.34. The van der Waals surface area contributed by atoms with Gasteiger partial charge in [-0.1, -0.05) is 15.9 Å². The molecule has 5 heteroatoms. The highest BCUT2D eigenvalue weighted by Gasteiger charge is 2.28. The van der Waals surface area contributed by atoms with Crippen LogP contribution in [0.15, 0.2) is 22.7 Å². The molecule has 0 aromatic heterocycles. The fraction of sp³-hybridized carbons (Fsp3) is 0.364. The van der Waals surface area contributed by atoms with Crippen LogP contribution in [-0.2, 0) is 4.74 Å². The van der Waals surface area contributed by atoms with Gasteiger partial charge in [-0.05, 0) is 25.1 Å². The van der Waals surface area contributed by atoms with Gasteiger partial charge in [0.15, 0.2) is 0 Å². The van der Waals surface area contributed by atoms with Crippen molar-refractivity contribution in [3.05, 3.63) is 22.7 Å². The van der Waals surface area contributed by atoms with E-state index in [-0.39, 0.29) is 12.1 Å². The van der Waals surface area contributed by atoms with Gasteiger partial charge in [-0.25, -0.2) is 4.79 Å². The van der Waals surface area contributed by atoms with Gasteiger partial charge in [0.1, 0.15) is 0 Å². The lowest BCUT2D eigenvalue weighted by atomic mass is 10.1. The normalized spacial score (nSPS) is 18.7. The zero-order chi connectivity index (χ0) is 11.7. The Labute approximate surface area is 103 Å². The number of amides is 1. The van der Waals surface area contributed by atoms with Crippen molar-refractivity contribution in [3.63, 3.8) is 0 Å². The molecular weight excluding hydrogens is 272 g/mol. The van der Waals surface area contributed by atoms with Crippen LogP contribution in [-0.4, -0.2) is 25.8 Å². The first-order chi connectivity index (χ1) is 7.63. The van der Waals surface area contributed by atoms with E-state index in [0.717, 1.165) is 22.4 Å². The summed E-state index contributed by atoms with van der Waals surface area (Å²) in [5.74, 6) is 0. The van der Waals surface area contributed by atoms with Gasteiger partial charge >= 0.3 is 6.09 Å². The van der Waals surface area contributed by atoms with E-state index in [1.54, 1.807) is 4.90 Å². The van der Waals surface area contributed by atoms with Crippen LogP contribution >= 0.6 is 15.9 Å². The largest absolute Gasteiger partial charge is 0.452 e. The lowest BCUT2D eigenvalue weighted by Gasteiger charge is -2.34. The molecule has 16 heavy (non-hydrogen) atoms. The molecule has 1 aliphatic heterocycles. The smallest absolute Gasteiger partial charge is 0.414 e. The molecule has 4 nitrogen and oxygen atoms in total. The molecule has 1 aromatic carbocycles. The van der Waals surface area contributed by atoms with Gasteiger partial charge in [0.2, 0.25) is 0 Å². The zero-order valence-corrected chi connectivity index (χ0v) is 10.7. The average Bonchev–Trinajstić information content (AvgIpc) is 2.28. The Balaban J connectivity index is 2.44. The Hall–Kier alpha value is -1.23. The van der Waals surface area contributed by atoms with E-state index < -0.39 is 0 Å². The Morgan fingerprint density at radius 2 is 2.38 bits per heavy atom. The summed E-state index contributed by atoms with van der Waals surface area (Å²) in [5.41, 5.74) is 1.80. The standard InChI is InChI=1S/C11H13BrN2O2/c1-7-6-13-9-5-8(12)3-4-10(9)14(7)11(15)16-2/h3-5,7,13H,6H2,1-2H3/t7-/m0/s1. The van der Waals surface area contributed by atoms with E-state index in [9.17, 15) is 4.79 Å². The molecule has 0 saturated carbocycles. The van der Waals surface area contributed by atoms with Crippen molar-refractivity contribution in [2.45, 2.75) is 13.0 Å². The van der Waals surface area contributed by atoms with Gasteiger partial charge < -0.3 is 10.1 Å². The molecule has 0 fully saturated rings. The highest BCUT2D eigenvalue weighted by atomic mass is 79.9. The number of methoxy groups -OCH3 is 1. The first kappa shape index (κ1) is 11.3. The number of fused-ring (bicyclic) bond motifs is 1. The number of ether oxygens (including phenoxy) is 1. The Kier molecular flexibility index (Phi) is 3.05. The molecule has 1 atom stereocenters. The molecule has 1 amide bonds. The van der Waals surface area contributed by atoms with Gasteiger partial charge in [-0.3, -0.25) is 4.90 Å². The number of carbonyl (C=O) groups excluding carboxylic acids is 1. The molecule has 0 unspecified atom stereocenters. The fourth-order valence-electron chi connectivity index (χ4n) is 1.82. The topological polar surface area (TPSA) is 41.6 Å². The van der Waals surface area contributed by atoms with Crippen LogP contribution in [0.25, 0.3) is 0 Å².